The molecule has 64 valence electrons. The lowest BCUT2D eigenvalue weighted by Gasteiger charge is -2.05. The maximum absolute atomic E-state index is 5.67. The van der Waals surface area contributed by atoms with Crippen molar-refractivity contribution in [3.63, 3.8) is 0 Å². The van der Waals surface area contributed by atoms with Crippen molar-refractivity contribution in [3.05, 3.63) is 36.4 Å². The minimum atomic E-state index is 0.767. The smallest absolute Gasteiger partial charge is 0.0365 e. The summed E-state index contributed by atoms with van der Waals surface area (Å²) in [6, 6.07) is 5.91. The van der Waals surface area contributed by atoms with Crippen LogP contribution in [0.3, 0.4) is 0 Å². The molecular weight excluding hydrogens is 148 g/mol. The van der Waals surface area contributed by atoms with Gasteiger partial charge in [-0.1, -0.05) is 6.08 Å². The second kappa shape index (κ2) is 3.81. The van der Waals surface area contributed by atoms with Crippen LogP contribution < -0.4 is 11.1 Å². The zero-order chi connectivity index (χ0) is 8.97. The quantitative estimate of drug-likeness (QED) is 0.528. The molecule has 0 aliphatic carbocycles. The Bertz CT molecular complexity index is 259. The van der Waals surface area contributed by atoms with Gasteiger partial charge in [0.05, 0.1) is 0 Å². The zero-order valence-electron chi connectivity index (χ0n) is 7.30. The van der Waals surface area contributed by atoms with Crippen molar-refractivity contribution in [2.45, 2.75) is 6.92 Å². The molecule has 0 spiro atoms. The summed E-state index contributed by atoms with van der Waals surface area (Å²) >= 11 is 0. The summed E-state index contributed by atoms with van der Waals surface area (Å²) in [5, 5.41) is 3.18. The van der Waals surface area contributed by atoms with Crippen molar-refractivity contribution >= 4 is 11.4 Å². The van der Waals surface area contributed by atoms with Crippen LogP contribution in [0.1, 0.15) is 5.56 Å². The van der Waals surface area contributed by atoms with E-state index in [2.05, 4.69) is 18.0 Å². The van der Waals surface area contributed by atoms with Crippen LogP contribution in [0, 0.1) is 6.92 Å². The highest BCUT2D eigenvalue weighted by atomic mass is 14.9. The number of nitrogens with two attached hydrogens (primary N) is 1. The minimum absolute atomic E-state index is 0.767. The second-order valence-corrected chi connectivity index (χ2v) is 2.80. The van der Waals surface area contributed by atoms with E-state index in [1.54, 1.807) is 0 Å². The summed E-state index contributed by atoms with van der Waals surface area (Å²) in [6.07, 6.45) is 1.82. The van der Waals surface area contributed by atoms with E-state index < -0.39 is 0 Å². The molecule has 0 atom stereocenters. The molecule has 0 aromatic heterocycles. The molecule has 1 aromatic rings. The van der Waals surface area contributed by atoms with Crippen LogP contribution in [-0.2, 0) is 0 Å². The number of benzene rings is 1. The Hall–Kier alpha value is -1.44. The molecule has 0 aliphatic rings. The Morgan fingerprint density at radius 2 is 2.25 bits per heavy atom. The van der Waals surface area contributed by atoms with Gasteiger partial charge in [-0.2, -0.15) is 0 Å². The fourth-order valence-electron chi connectivity index (χ4n) is 1.10. The largest absolute Gasteiger partial charge is 0.399 e. The van der Waals surface area contributed by atoms with Crippen molar-refractivity contribution in [1.29, 1.82) is 0 Å². The summed E-state index contributed by atoms with van der Waals surface area (Å²) in [7, 11) is 0. The summed E-state index contributed by atoms with van der Waals surface area (Å²) < 4.78 is 0. The van der Waals surface area contributed by atoms with E-state index in [1.807, 2.05) is 25.1 Å². The third kappa shape index (κ3) is 2.31. The van der Waals surface area contributed by atoms with E-state index in [0.29, 0.717) is 0 Å². The summed E-state index contributed by atoms with van der Waals surface area (Å²) in [5.41, 5.74) is 8.68. The Morgan fingerprint density at radius 3 is 2.83 bits per heavy atom. The van der Waals surface area contributed by atoms with E-state index in [9.17, 15) is 0 Å². The van der Waals surface area contributed by atoms with Crippen LogP contribution in [0.25, 0.3) is 0 Å². The van der Waals surface area contributed by atoms with Crippen molar-refractivity contribution in [2.24, 2.45) is 0 Å². The van der Waals surface area contributed by atoms with Gasteiger partial charge in [0.1, 0.15) is 0 Å². The number of hydrogen-bond acceptors (Lipinski definition) is 2. The lowest BCUT2D eigenvalue weighted by Crippen LogP contribution is -1.98. The Kier molecular flexibility index (Phi) is 2.75. The summed E-state index contributed by atoms with van der Waals surface area (Å²) in [4.78, 5) is 0. The lowest BCUT2D eigenvalue weighted by atomic mass is 10.2. The van der Waals surface area contributed by atoms with Crippen LogP contribution in [0.4, 0.5) is 11.4 Å². The fourth-order valence-corrected chi connectivity index (χ4v) is 1.10. The molecule has 2 heteroatoms. The van der Waals surface area contributed by atoms with Crippen molar-refractivity contribution in [1.82, 2.24) is 0 Å². The predicted octanol–water partition coefficient (Wildman–Crippen LogP) is 2.18. The number of hydrogen-bond donors (Lipinski definition) is 2. The van der Waals surface area contributed by atoms with Gasteiger partial charge in [-0.15, -0.1) is 6.58 Å². The highest BCUT2D eigenvalue weighted by Crippen LogP contribution is 2.15. The van der Waals surface area contributed by atoms with Gasteiger partial charge in [0.2, 0.25) is 0 Å². The van der Waals surface area contributed by atoms with Crippen LogP contribution in [-0.4, -0.2) is 6.54 Å². The topological polar surface area (TPSA) is 38.0 Å². The van der Waals surface area contributed by atoms with Gasteiger partial charge < -0.3 is 11.1 Å². The van der Waals surface area contributed by atoms with E-state index in [4.69, 9.17) is 5.73 Å². The first-order valence-electron chi connectivity index (χ1n) is 3.94. The Labute approximate surface area is 73.1 Å². The number of rotatable bonds is 3. The molecule has 0 aliphatic heterocycles. The van der Waals surface area contributed by atoms with Gasteiger partial charge >= 0.3 is 0 Å². The van der Waals surface area contributed by atoms with Crippen molar-refractivity contribution in [2.75, 3.05) is 17.6 Å². The van der Waals surface area contributed by atoms with Gasteiger partial charge in [-0.3, -0.25) is 0 Å². The lowest BCUT2D eigenvalue weighted by molar-refractivity contribution is 1.33. The van der Waals surface area contributed by atoms with Crippen LogP contribution >= 0.6 is 0 Å². The third-order valence-corrected chi connectivity index (χ3v) is 1.55. The highest BCUT2D eigenvalue weighted by molar-refractivity contribution is 5.56. The first-order valence-corrected chi connectivity index (χ1v) is 3.94. The molecule has 0 saturated heterocycles. The Morgan fingerprint density at radius 1 is 1.50 bits per heavy atom. The van der Waals surface area contributed by atoms with Gasteiger partial charge in [0.25, 0.3) is 0 Å². The second-order valence-electron chi connectivity index (χ2n) is 2.80. The molecule has 0 heterocycles. The van der Waals surface area contributed by atoms with Crippen LogP contribution in [0.15, 0.2) is 30.9 Å². The zero-order valence-corrected chi connectivity index (χ0v) is 7.30. The monoisotopic (exact) mass is 162 g/mol. The SMILES string of the molecule is C=CCNc1cc(C)cc(N)c1. The van der Waals surface area contributed by atoms with Gasteiger partial charge in [0, 0.05) is 17.9 Å². The first-order chi connectivity index (χ1) is 5.72. The minimum Gasteiger partial charge on any atom is -0.399 e. The molecule has 1 aromatic carbocycles. The molecule has 0 saturated carbocycles. The van der Waals surface area contributed by atoms with Crippen molar-refractivity contribution < 1.29 is 0 Å². The average Bonchev–Trinajstić information content (AvgIpc) is 1.99. The highest BCUT2D eigenvalue weighted by Gasteiger charge is 1.93. The molecule has 0 unspecified atom stereocenters. The fraction of sp³-hybridized carbons (Fsp3) is 0.200. The number of nitrogens with one attached hydrogen (secondary N) is 1. The van der Waals surface area contributed by atoms with Crippen molar-refractivity contribution in [3.8, 4) is 0 Å². The molecule has 12 heavy (non-hydrogen) atoms. The Balaban J connectivity index is 2.78. The van der Waals surface area contributed by atoms with Crippen LogP contribution in [0.5, 0.6) is 0 Å². The maximum Gasteiger partial charge on any atom is 0.0365 e. The van der Waals surface area contributed by atoms with E-state index in [0.717, 1.165) is 17.9 Å². The molecule has 1 rings (SSSR count). The molecule has 0 bridgehead atoms. The average molecular weight is 162 g/mol. The van der Waals surface area contributed by atoms with Gasteiger partial charge in [-0.25, -0.2) is 0 Å². The first kappa shape index (κ1) is 8.65. The molecule has 2 nitrogen and oxygen atoms in total. The molecule has 0 fully saturated rings. The third-order valence-electron chi connectivity index (χ3n) is 1.55. The predicted molar refractivity (Wildman–Crippen MR) is 54.3 cm³/mol. The summed E-state index contributed by atoms with van der Waals surface area (Å²) in [6.45, 7) is 6.42. The molecular formula is C10H14N2. The van der Waals surface area contributed by atoms with E-state index in [-0.39, 0.29) is 0 Å². The molecule has 0 amide bonds. The van der Waals surface area contributed by atoms with E-state index in [1.165, 1.54) is 5.56 Å². The van der Waals surface area contributed by atoms with Gasteiger partial charge in [0.15, 0.2) is 0 Å². The number of anilines is 2. The van der Waals surface area contributed by atoms with Crippen LogP contribution in [0.2, 0.25) is 0 Å². The number of aryl methyl sites for hydroxylation is 1. The summed E-state index contributed by atoms with van der Waals surface area (Å²) in [5.74, 6) is 0. The normalized spacial score (nSPS) is 9.42. The van der Waals surface area contributed by atoms with Gasteiger partial charge in [-0.05, 0) is 30.7 Å². The molecule has 0 radical (unpaired) electrons. The maximum atomic E-state index is 5.67. The standard InChI is InChI=1S/C10H14N2/c1-3-4-12-10-6-8(2)5-9(11)7-10/h3,5-7,12H,1,4,11H2,2H3. The molecule has 3 N–H and O–H groups in total. The number of nitrogen functional groups attached to an aromatic ring is 1. The van der Waals surface area contributed by atoms with E-state index >= 15 is 0 Å².